The molecule has 1 fully saturated rings. The molecule has 1 saturated heterocycles. The number of piperidine rings is 1. The first-order valence-corrected chi connectivity index (χ1v) is 7.23. The summed E-state index contributed by atoms with van der Waals surface area (Å²) in [7, 11) is 0. The van der Waals surface area contributed by atoms with Crippen LogP contribution in [0.2, 0.25) is 5.02 Å². The Balaban J connectivity index is 2.18. The molecule has 6 heteroatoms. The summed E-state index contributed by atoms with van der Waals surface area (Å²) >= 11 is 6.01. The number of nitro benzene ring substituents is 1. The van der Waals surface area contributed by atoms with E-state index < -0.39 is 4.92 Å². The van der Waals surface area contributed by atoms with Crippen molar-refractivity contribution in [3.05, 3.63) is 32.8 Å². The predicted molar refractivity (Wildman–Crippen MR) is 81.4 cm³/mol. The highest BCUT2D eigenvalue weighted by Crippen LogP contribution is 2.34. The highest BCUT2D eigenvalue weighted by atomic mass is 35.5. The molecule has 1 aliphatic rings. The van der Waals surface area contributed by atoms with Crippen molar-refractivity contribution < 1.29 is 4.92 Å². The fourth-order valence-electron chi connectivity index (χ4n) is 2.80. The van der Waals surface area contributed by atoms with Crippen molar-refractivity contribution in [1.29, 1.82) is 0 Å². The Kier molecular flexibility index (Phi) is 4.50. The Hall–Kier alpha value is -1.33. The average molecular weight is 298 g/mol. The van der Waals surface area contributed by atoms with Gasteiger partial charge in [0.25, 0.3) is 5.69 Å². The lowest BCUT2D eigenvalue weighted by molar-refractivity contribution is -0.384. The number of aryl methyl sites for hydroxylation is 1. The van der Waals surface area contributed by atoms with Gasteiger partial charge in [-0.25, -0.2) is 0 Å². The Morgan fingerprint density at radius 1 is 1.45 bits per heavy atom. The number of hydrogen-bond donors (Lipinski definition) is 1. The van der Waals surface area contributed by atoms with Crippen LogP contribution in [0.25, 0.3) is 0 Å². The summed E-state index contributed by atoms with van der Waals surface area (Å²) in [5, 5.41) is 11.1. The molecule has 1 heterocycles. The smallest absolute Gasteiger partial charge is 0.288 e. The lowest BCUT2D eigenvalue weighted by atomic mass is 9.90. The van der Waals surface area contributed by atoms with Gasteiger partial charge < -0.3 is 10.6 Å². The third-order valence-electron chi connectivity index (χ3n) is 4.09. The van der Waals surface area contributed by atoms with Crippen LogP contribution in [0.1, 0.15) is 25.3 Å². The van der Waals surface area contributed by atoms with E-state index in [0.29, 0.717) is 5.92 Å². The van der Waals surface area contributed by atoms with Gasteiger partial charge in [-0.15, -0.1) is 0 Å². The van der Waals surface area contributed by atoms with Gasteiger partial charge in [0, 0.05) is 30.9 Å². The minimum Gasteiger partial charge on any atom is -0.371 e. The Morgan fingerprint density at radius 2 is 2.05 bits per heavy atom. The molecule has 1 aromatic rings. The first-order valence-electron chi connectivity index (χ1n) is 6.85. The summed E-state index contributed by atoms with van der Waals surface area (Å²) in [5.74, 6) is 0.556. The highest BCUT2D eigenvalue weighted by molar-refractivity contribution is 6.33. The molecule has 0 aromatic heterocycles. The summed E-state index contributed by atoms with van der Waals surface area (Å²) in [6, 6.07) is 3.48. The van der Waals surface area contributed by atoms with E-state index in [1.807, 2.05) is 13.8 Å². The number of anilines is 1. The predicted octanol–water partition coefficient (Wildman–Crippen LogP) is 3.12. The normalized spacial score (nSPS) is 18.1. The lowest BCUT2D eigenvalue weighted by Crippen LogP contribution is -2.40. The molecule has 2 N–H and O–H groups in total. The number of halogens is 1. The first-order chi connectivity index (χ1) is 9.40. The third-order valence-corrected chi connectivity index (χ3v) is 4.39. The van der Waals surface area contributed by atoms with Gasteiger partial charge in [0.1, 0.15) is 5.02 Å². The molecule has 0 amide bonds. The first kappa shape index (κ1) is 15.1. The number of benzene rings is 1. The molecule has 0 radical (unpaired) electrons. The number of nitrogens with two attached hydrogens (primary N) is 1. The molecule has 0 saturated carbocycles. The molecule has 1 atom stereocenters. The van der Waals surface area contributed by atoms with Crippen LogP contribution < -0.4 is 10.6 Å². The average Bonchev–Trinajstić information content (AvgIpc) is 2.40. The van der Waals surface area contributed by atoms with Gasteiger partial charge >= 0.3 is 0 Å². The lowest BCUT2D eigenvalue weighted by Gasteiger charge is -2.36. The van der Waals surface area contributed by atoms with Crippen LogP contribution in [0.3, 0.4) is 0 Å². The zero-order valence-electron chi connectivity index (χ0n) is 11.8. The molecule has 2 rings (SSSR count). The second kappa shape index (κ2) is 5.97. The van der Waals surface area contributed by atoms with Gasteiger partial charge in [0.2, 0.25) is 0 Å². The monoisotopic (exact) mass is 297 g/mol. The Morgan fingerprint density at radius 3 is 2.55 bits per heavy atom. The van der Waals surface area contributed by atoms with Crippen molar-refractivity contribution in [1.82, 2.24) is 0 Å². The van der Waals surface area contributed by atoms with Crippen molar-refractivity contribution in [3.63, 3.8) is 0 Å². The molecule has 1 unspecified atom stereocenters. The number of nitrogens with zero attached hydrogens (tertiary/aromatic N) is 2. The van der Waals surface area contributed by atoms with Crippen LogP contribution in [0, 0.1) is 23.0 Å². The van der Waals surface area contributed by atoms with Crippen molar-refractivity contribution in [2.24, 2.45) is 11.7 Å². The van der Waals surface area contributed by atoms with E-state index in [4.69, 9.17) is 17.3 Å². The SMILES string of the molecule is Cc1cc([N+](=O)[O-])c(Cl)cc1N1CCC(C(C)N)CC1. The van der Waals surface area contributed by atoms with Crippen LogP contribution >= 0.6 is 11.6 Å². The summed E-state index contributed by atoms with van der Waals surface area (Å²) in [4.78, 5) is 12.7. The van der Waals surface area contributed by atoms with Crippen LogP contribution in [-0.2, 0) is 0 Å². The molecule has 20 heavy (non-hydrogen) atoms. The molecule has 0 bridgehead atoms. The van der Waals surface area contributed by atoms with Gasteiger partial charge in [0.05, 0.1) is 4.92 Å². The van der Waals surface area contributed by atoms with E-state index >= 15 is 0 Å². The molecule has 1 aromatic carbocycles. The Bertz CT molecular complexity index is 511. The summed E-state index contributed by atoms with van der Waals surface area (Å²) in [6.07, 6.45) is 2.09. The zero-order valence-corrected chi connectivity index (χ0v) is 12.6. The second-order valence-corrected chi connectivity index (χ2v) is 5.94. The number of rotatable bonds is 3. The van der Waals surface area contributed by atoms with E-state index in [0.717, 1.165) is 37.2 Å². The number of nitro groups is 1. The molecular weight excluding hydrogens is 278 g/mol. The second-order valence-electron chi connectivity index (χ2n) is 5.53. The minimum atomic E-state index is -0.443. The third kappa shape index (κ3) is 3.04. The summed E-state index contributed by atoms with van der Waals surface area (Å²) < 4.78 is 0. The van der Waals surface area contributed by atoms with Crippen LogP contribution in [-0.4, -0.2) is 24.1 Å². The van der Waals surface area contributed by atoms with Crippen molar-refractivity contribution in [2.45, 2.75) is 32.7 Å². The maximum Gasteiger partial charge on any atom is 0.288 e. The van der Waals surface area contributed by atoms with Gasteiger partial charge in [-0.2, -0.15) is 0 Å². The largest absolute Gasteiger partial charge is 0.371 e. The maximum atomic E-state index is 10.9. The van der Waals surface area contributed by atoms with Crippen molar-refractivity contribution >= 4 is 23.0 Å². The summed E-state index contributed by atoms with van der Waals surface area (Å²) in [6.45, 7) is 5.77. The molecule has 0 aliphatic carbocycles. The van der Waals surface area contributed by atoms with Crippen LogP contribution in [0.15, 0.2) is 12.1 Å². The summed E-state index contributed by atoms with van der Waals surface area (Å²) in [5.41, 5.74) is 7.79. The topological polar surface area (TPSA) is 72.4 Å². The fraction of sp³-hybridized carbons (Fsp3) is 0.571. The Labute approximate surface area is 123 Å². The fourth-order valence-corrected chi connectivity index (χ4v) is 3.03. The van der Waals surface area contributed by atoms with Crippen molar-refractivity contribution in [2.75, 3.05) is 18.0 Å². The van der Waals surface area contributed by atoms with E-state index in [1.165, 1.54) is 0 Å². The van der Waals surface area contributed by atoms with E-state index in [9.17, 15) is 10.1 Å². The maximum absolute atomic E-state index is 10.9. The van der Waals surface area contributed by atoms with Gasteiger partial charge in [-0.1, -0.05) is 11.6 Å². The standard InChI is InChI=1S/C14H20ClN3O2/c1-9-7-14(18(19)20)12(15)8-13(9)17-5-3-11(4-6-17)10(2)16/h7-8,10-11H,3-6,16H2,1-2H3. The molecule has 5 nitrogen and oxygen atoms in total. The van der Waals surface area contributed by atoms with Gasteiger partial charge in [-0.3, -0.25) is 10.1 Å². The van der Waals surface area contributed by atoms with Gasteiger partial charge in [-0.05, 0) is 44.2 Å². The van der Waals surface area contributed by atoms with Crippen molar-refractivity contribution in [3.8, 4) is 0 Å². The molecule has 110 valence electrons. The molecule has 1 aliphatic heterocycles. The van der Waals surface area contributed by atoms with Crippen LogP contribution in [0.5, 0.6) is 0 Å². The molecular formula is C14H20ClN3O2. The van der Waals surface area contributed by atoms with E-state index in [2.05, 4.69) is 4.90 Å². The zero-order chi connectivity index (χ0) is 14.9. The van der Waals surface area contributed by atoms with Crippen LogP contribution in [0.4, 0.5) is 11.4 Å². The number of hydrogen-bond acceptors (Lipinski definition) is 4. The van der Waals surface area contributed by atoms with E-state index in [-0.39, 0.29) is 16.8 Å². The highest BCUT2D eigenvalue weighted by Gasteiger charge is 2.24. The molecule has 0 spiro atoms. The van der Waals surface area contributed by atoms with E-state index in [1.54, 1.807) is 12.1 Å². The van der Waals surface area contributed by atoms with Gasteiger partial charge in [0.15, 0.2) is 0 Å². The minimum absolute atomic E-state index is 0.0293. The quantitative estimate of drug-likeness (QED) is 0.687.